The van der Waals surface area contributed by atoms with E-state index in [1.807, 2.05) is 0 Å². The highest BCUT2D eigenvalue weighted by Gasteiger charge is 2.38. The maximum atomic E-state index is 12.0. The number of aryl methyl sites for hydroxylation is 1. The van der Waals surface area contributed by atoms with Crippen molar-refractivity contribution in [2.45, 2.75) is 31.7 Å². The summed E-state index contributed by atoms with van der Waals surface area (Å²) < 4.78 is 6.84. The van der Waals surface area contributed by atoms with E-state index in [0.717, 1.165) is 0 Å². The Morgan fingerprint density at radius 3 is 2.65 bits per heavy atom. The summed E-state index contributed by atoms with van der Waals surface area (Å²) in [4.78, 5) is 48.9. The molecule has 26 heavy (non-hydrogen) atoms. The van der Waals surface area contributed by atoms with Crippen molar-refractivity contribution in [3.8, 4) is 0 Å². The zero-order valence-corrected chi connectivity index (χ0v) is 14.1. The summed E-state index contributed by atoms with van der Waals surface area (Å²) in [5, 5.41) is 22.3. The molecule has 0 radical (unpaired) electrons. The number of nitrogens with zero attached hydrogens (tertiary/aromatic N) is 2. The molecule has 1 aromatic heterocycles. The standard InChI is InChI=1S/C15H18N4O7/c1-6-4-19(15(24)17-14(6)23)9-3-7(8(5-20)26-9)16-10-11(18(2)25)13(22)12(10)21/h4,7-9,16,20,25H,3,5H2,1-2H3,(H,17,23,24)/t7-,8+,9+/m0/s1. The van der Waals surface area contributed by atoms with Gasteiger partial charge in [0.05, 0.1) is 12.6 Å². The number of hydroxylamine groups is 1. The molecule has 0 saturated carbocycles. The average molecular weight is 366 g/mol. The highest BCUT2D eigenvalue weighted by atomic mass is 16.5. The summed E-state index contributed by atoms with van der Waals surface area (Å²) in [5.74, 6) is 0. The number of H-pyrrole nitrogens is 1. The summed E-state index contributed by atoms with van der Waals surface area (Å²) in [6.45, 7) is 1.14. The number of hydrogen-bond acceptors (Lipinski definition) is 9. The van der Waals surface area contributed by atoms with Crippen LogP contribution in [0.5, 0.6) is 0 Å². The fraction of sp³-hybridized carbons (Fsp3) is 0.467. The van der Waals surface area contributed by atoms with Crippen LogP contribution >= 0.6 is 0 Å². The molecule has 3 atom stereocenters. The number of ether oxygens (including phenoxy) is 1. The zero-order valence-electron chi connectivity index (χ0n) is 14.1. The minimum atomic E-state index is -0.819. The number of anilines is 2. The smallest absolute Gasteiger partial charge is 0.330 e. The van der Waals surface area contributed by atoms with Gasteiger partial charge in [0, 0.05) is 25.2 Å². The van der Waals surface area contributed by atoms with E-state index in [1.54, 1.807) is 0 Å². The van der Waals surface area contributed by atoms with E-state index in [9.17, 15) is 29.5 Å². The van der Waals surface area contributed by atoms with Gasteiger partial charge in [-0.15, -0.1) is 0 Å². The van der Waals surface area contributed by atoms with E-state index < -0.39 is 47.1 Å². The van der Waals surface area contributed by atoms with Crippen molar-refractivity contribution in [3.05, 3.63) is 53.0 Å². The molecular formula is C15H18N4O7. The Labute approximate surface area is 145 Å². The van der Waals surface area contributed by atoms with Gasteiger partial charge >= 0.3 is 5.69 Å². The Kier molecular flexibility index (Phi) is 4.52. The number of rotatable bonds is 5. The van der Waals surface area contributed by atoms with Gasteiger partial charge in [0.1, 0.15) is 23.7 Å². The maximum absolute atomic E-state index is 12.0. The summed E-state index contributed by atoms with van der Waals surface area (Å²) >= 11 is 0. The molecule has 2 aromatic rings. The molecule has 4 N–H and O–H groups in total. The van der Waals surface area contributed by atoms with Crippen LogP contribution in [0.2, 0.25) is 0 Å². The number of aromatic nitrogens is 2. The van der Waals surface area contributed by atoms with Crippen molar-refractivity contribution in [3.63, 3.8) is 0 Å². The molecule has 140 valence electrons. The molecule has 11 heteroatoms. The first kappa shape index (κ1) is 18.0. The van der Waals surface area contributed by atoms with Crippen LogP contribution in [0.1, 0.15) is 18.2 Å². The molecular weight excluding hydrogens is 348 g/mol. The Hall–Kier alpha value is -2.76. The molecule has 3 rings (SSSR count). The number of aliphatic hydroxyl groups is 1. The number of nitrogens with one attached hydrogen (secondary N) is 2. The van der Waals surface area contributed by atoms with Crippen LogP contribution in [0.4, 0.5) is 11.4 Å². The molecule has 11 nitrogen and oxygen atoms in total. The molecule has 0 spiro atoms. The van der Waals surface area contributed by atoms with Gasteiger partial charge in [-0.3, -0.25) is 34.2 Å². The second kappa shape index (κ2) is 6.52. The third-order valence-corrected chi connectivity index (χ3v) is 4.41. The first-order valence-electron chi connectivity index (χ1n) is 7.85. The van der Waals surface area contributed by atoms with Crippen LogP contribution in [-0.4, -0.2) is 45.7 Å². The van der Waals surface area contributed by atoms with Gasteiger partial charge in [0.2, 0.25) is 0 Å². The van der Waals surface area contributed by atoms with Gasteiger partial charge in [-0.2, -0.15) is 0 Å². The van der Waals surface area contributed by atoms with Crippen LogP contribution in [0, 0.1) is 6.92 Å². The molecule has 1 aliphatic rings. The normalized spacial score (nSPS) is 22.7. The van der Waals surface area contributed by atoms with Gasteiger partial charge in [-0.25, -0.2) is 4.79 Å². The number of aromatic amines is 1. The SMILES string of the molecule is Cc1cn([C@H]2C[C@H](Nc3c(N(C)O)c(=O)c3=O)[C@@H](CO)O2)c(=O)[nH]c1=O. The fourth-order valence-electron chi connectivity index (χ4n) is 3.03. The van der Waals surface area contributed by atoms with Gasteiger partial charge in [-0.05, 0) is 6.92 Å². The van der Waals surface area contributed by atoms with Crippen LogP contribution in [-0.2, 0) is 4.74 Å². The molecule has 1 aromatic carbocycles. The third kappa shape index (κ3) is 2.85. The highest BCUT2D eigenvalue weighted by Crippen LogP contribution is 2.31. The van der Waals surface area contributed by atoms with Crippen LogP contribution in [0.25, 0.3) is 0 Å². The van der Waals surface area contributed by atoms with Gasteiger partial charge in [-0.1, -0.05) is 0 Å². The van der Waals surface area contributed by atoms with Crippen molar-refractivity contribution < 1.29 is 15.1 Å². The van der Waals surface area contributed by atoms with Crippen molar-refractivity contribution in [2.75, 3.05) is 24.0 Å². The van der Waals surface area contributed by atoms with Crippen LogP contribution < -0.4 is 32.5 Å². The van der Waals surface area contributed by atoms with Crippen molar-refractivity contribution in [1.82, 2.24) is 9.55 Å². The van der Waals surface area contributed by atoms with Crippen LogP contribution in [0.15, 0.2) is 25.4 Å². The molecule has 0 amide bonds. The minimum absolute atomic E-state index is 0.0716. The Morgan fingerprint density at radius 1 is 1.35 bits per heavy atom. The topological polar surface area (TPSA) is 154 Å². The molecule has 2 heterocycles. The first-order valence-corrected chi connectivity index (χ1v) is 7.85. The van der Waals surface area contributed by atoms with Crippen LogP contribution in [0.3, 0.4) is 0 Å². The summed E-state index contributed by atoms with van der Waals surface area (Å²) in [6.07, 6.45) is -0.00784. The number of hydrogen-bond donors (Lipinski definition) is 4. The first-order chi connectivity index (χ1) is 12.2. The summed E-state index contributed by atoms with van der Waals surface area (Å²) in [7, 11) is 1.21. The predicted molar refractivity (Wildman–Crippen MR) is 90.6 cm³/mol. The maximum Gasteiger partial charge on any atom is 0.330 e. The Bertz CT molecular complexity index is 1010. The van der Waals surface area contributed by atoms with E-state index in [1.165, 1.54) is 24.7 Å². The highest BCUT2D eigenvalue weighted by molar-refractivity contribution is 5.74. The summed E-state index contributed by atoms with van der Waals surface area (Å²) in [5.41, 5.74) is -2.69. The van der Waals surface area contributed by atoms with E-state index >= 15 is 0 Å². The van der Waals surface area contributed by atoms with Crippen molar-refractivity contribution in [2.24, 2.45) is 0 Å². The Balaban J connectivity index is 1.87. The van der Waals surface area contributed by atoms with Crippen molar-refractivity contribution in [1.29, 1.82) is 0 Å². The van der Waals surface area contributed by atoms with E-state index in [4.69, 9.17) is 4.74 Å². The van der Waals surface area contributed by atoms with Gasteiger partial charge in [0.15, 0.2) is 0 Å². The molecule has 0 bridgehead atoms. The predicted octanol–water partition coefficient (Wildman–Crippen LogP) is -1.97. The fourth-order valence-corrected chi connectivity index (χ4v) is 3.03. The summed E-state index contributed by atoms with van der Waals surface area (Å²) in [6, 6.07) is -0.592. The lowest BCUT2D eigenvalue weighted by molar-refractivity contribution is -0.0262. The van der Waals surface area contributed by atoms with E-state index in [-0.39, 0.29) is 17.8 Å². The second-order valence-corrected chi connectivity index (χ2v) is 6.18. The lowest BCUT2D eigenvalue weighted by Gasteiger charge is -2.23. The third-order valence-electron chi connectivity index (χ3n) is 4.41. The van der Waals surface area contributed by atoms with Gasteiger partial charge < -0.3 is 15.2 Å². The monoisotopic (exact) mass is 366 g/mol. The van der Waals surface area contributed by atoms with E-state index in [2.05, 4.69) is 10.3 Å². The van der Waals surface area contributed by atoms with E-state index in [0.29, 0.717) is 10.6 Å². The zero-order chi connectivity index (χ0) is 19.2. The largest absolute Gasteiger partial charge is 0.394 e. The molecule has 1 saturated heterocycles. The minimum Gasteiger partial charge on any atom is -0.394 e. The molecule has 1 fully saturated rings. The van der Waals surface area contributed by atoms with Crippen molar-refractivity contribution >= 4 is 11.4 Å². The van der Waals surface area contributed by atoms with Gasteiger partial charge in [0.25, 0.3) is 16.4 Å². The quantitative estimate of drug-likeness (QED) is 0.348. The second-order valence-electron chi connectivity index (χ2n) is 6.18. The average Bonchev–Trinajstić information content (AvgIpc) is 2.99. The lowest BCUT2D eigenvalue weighted by Crippen LogP contribution is -2.44. The lowest BCUT2D eigenvalue weighted by atomic mass is 10.1. The molecule has 0 aliphatic carbocycles. The molecule has 0 unspecified atom stereocenters. The molecule has 1 aliphatic heterocycles. The Morgan fingerprint density at radius 2 is 2.04 bits per heavy atom. The number of aliphatic hydroxyl groups excluding tert-OH is 1.